The maximum Gasteiger partial charge on any atom is 0.352 e. The summed E-state index contributed by atoms with van der Waals surface area (Å²) in [5, 5.41) is 0. The Hall–Kier alpha value is -3.21. The van der Waals surface area contributed by atoms with Crippen molar-refractivity contribution >= 4 is 10.0 Å². The summed E-state index contributed by atoms with van der Waals surface area (Å²) in [5.41, 5.74) is -0.408. The largest absolute Gasteiger partial charge is 0.361 e. The van der Waals surface area contributed by atoms with E-state index < -0.39 is 38.6 Å². The van der Waals surface area contributed by atoms with Gasteiger partial charge in [0.1, 0.15) is 23.3 Å². The Labute approximate surface area is 195 Å². The summed E-state index contributed by atoms with van der Waals surface area (Å²) in [7, 11) is -3.81. The van der Waals surface area contributed by atoms with Gasteiger partial charge in [-0.15, -0.1) is 0 Å². The molecule has 1 aliphatic carbocycles. The van der Waals surface area contributed by atoms with Gasteiger partial charge < -0.3 is 4.74 Å². The fourth-order valence-electron chi connectivity index (χ4n) is 6.09. The van der Waals surface area contributed by atoms with Crippen molar-refractivity contribution < 1.29 is 13.2 Å². The number of rotatable bonds is 3. The predicted molar refractivity (Wildman–Crippen MR) is 123 cm³/mol. The van der Waals surface area contributed by atoms with E-state index in [4.69, 9.17) is 4.74 Å². The smallest absolute Gasteiger partial charge is 0.352 e. The standard InChI is InChI=1S/C24H22N4O5S/c1-15-8-10-18(11-9-15)34(31,32)25-13-16-12-19-23(2)20(33-23)24(16,14-25)28-22(30)26(21(29)27(19)28)17-6-4-3-5-7-17/h3-12,19-20H,13-14H2,1-2H3/t19-,20+,23+,24+/m0/s1. The average molecular weight is 479 g/mol. The van der Waals surface area contributed by atoms with Gasteiger partial charge in [0.05, 0.1) is 10.6 Å². The molecule has 5 heterocycles. The second-order valence-corrected chi connectivity index (χ2v) is 11.7. The summed E-state index contributed by atoms with van der Waals surface area (Å²) < 4.78 is 38.7. The van der Waals surface area contributed by atoms with Crippen LogP contribution in [0.2, 0.25) is 0 Å². The molecule has 10 heteroatoms. The zero-order chi connectivity index (χ0) is 23.6. The van der Waals surface area contributed by atoms with Gasteiger partial charge in [-0.3, -0.25) is 0 Å². The van der Waals surface area contributed by atoms with Gasteiger partial charge in [-0.2, -0.15) is 4.31 Å². The van der Waals surface area contributed by atoms with Crippen molar-refractivity contribution in [1.82, 2.24) is 18.2 Å². The molecular formula is C24H22N4O5S. The van der Waals surface area contributed by atoms with Crippen molar-refractivity contribution in [3.05, 3.63) is 92.8 Å². The fourth-order valence-corrected chi connectivity index (χ4v) is 7.55. The molecule has 4 atom stereocenters. The lowest BCUT2D eigenvalue weighted by Crippen LogP contribution is -2.61. The van der Waals surface area contributed by atoms with E-state index in [1.807, 2.05) is 26.0 Å². The molecule has 2 saturated heterocycles. The normalized spacial score (nSPS) is 31.1. The number of hydrogen-bond acceptors (Lipinski definition) is 5. The van der Waals surface area contributed by atoms with Gasteiger partial charge >= 0.3 is 11.4 Å². The Bertz CT molecular complexity index is 1630. The van der Waals surface area contributed by atoms with Gasteiger partial charge in [0, 0.05) is 13.1 Å². The molecule has 9 nitrogen and oxygen atoms in total. The van der Waals surface area contributed by atoms with Gasteiger partial charge in [0.15, 0.2) is 0 Å². The summed E-state index contributed by atoms with van der Waals surface area (Å²) in [5.74, 6) is 0. The SMILES string of the molecule is Cc1ccc(S(=O)(=O)N2CC3=C[C@@H]4n5c(=O)n(-c6ccccc6)c(=O)n5[C@@]3(C2)[C@@H]2O[C@]42C)cc1. The van der Waals surface area contributed by atoms with E-state index in [0.29, 0.717) is 5.69 Å². The summed E-state index contributed by atoms with van der Waals surface area (Å²) >= 11 is 0. The van der Waals surface area contributed by atoms with Crippen LogP contribution in [0.4, 0.5) is 0 Å². The minimum Gasteiger partial charge on any atom is -0.361 e. The molecule has 2 fully saturated rings. The van der Waals surface area contributed by atoms with Crippen molar-refractivity contribution in [3.63, 3.8) is 0 Å². The van der Waals surface area contributed by atoms with E-state index in [2.05, 4.69) is 0 Å². The molecule has 1 spiro atoms. The Morgan fingerprint density at radius 2 is 1.71 bits per heavy atom. The maximum atomic E-state index is 13.7. The molecule has 4 aliphatic heterocycles. The quantitative estimate of drug-likeness (QED) is 0.416. The van der Waals surface area contributed by atoms with Crippen LogP contribution in [0.15, 0.2) is 80.7 Å². The third kappa shape index (κ3) is 2.19. The van der Waals surface area contributed by atoms with Crippen LogP contribution in [-0.2, 0) is 20.3 Å². The van der Waals surface area contributed by atoms with E-state index in [1.54, 1.807) is 48.5 Å². The topological polar surface area (TPSA) is 98.8 Å². The number of para-hydroxylation sites is 1. The van der Waals surface area contributed by atoms with Crippen LogP contribution >= 0.6 is 0 Å². The van der Waals surface area contributed by atoms with Crippen molar-refractivity contribution in [2.24, 2.45) is 0 Å². The molecule has 5 aliphatic rings. The third-order valence-corrected chi connectivity index (χ3v) is 9.63. The summed E-state index contributed by atoms with van der Waals surface area (Å²) in [6.45, 7) is 4.01. The first-order valence-electron chi connectivity index (χ1n) is 11.2. The number of ether oxygens (including phenoxy) is 1. The van der Waals surface area contributed by atoms with Crippen LogP contribution in [-0.4, -0.2) is 51.4 Å². The van der Waals surface area contributed by atoms with Crippen LogP contribution in [0.1, 0.15) is 18.5 Å². The van der Waals surface area contributed by atoms with Crippen LogP contribution < -0.4 is 11.4 Å². The molecule has 0 unspecified atom stereocenters. The molecule has 0 N–H and O–H groups in total. The van der Waals surface area contributed by atoms with Gasteiger partial charge in [0.25, 0.3) is 0 Å². The second kappa shape index (κ2) is 6.07. The van der Waals surface area contributed by atoms with E-state index in [0.717, 1.165) is 15.7 Å². The highest BCUT2D eigenvalue weighted by molar-refractivity contribution is 7.89. The van der Waals surface area contributed by atoms with E-state index in [9.17, 15) is 18.0 Å². The zero-order valence-electron chi connectivity index (χ0n) is 18.6. The second-order valence-electron chi connectivity index (χ2n) is 9.72. The van der Waals surface area contributed by atoms with Crippen molar-refractivity contribution in [2.45, 2.75) is 42.0 Å². The molecule has 8 rings (SSSR count). The molecule has 1 aromatic heterocycles. The highest BCUT2D eigenvalue weighted by Crippen LogP contribution is 2.63. The molecule has 174 valence electrons. The minimum atomic E-state index is -3.81. The molecule has 3 aromatic rings. The average Bonchev–Trinajstić information content (AvgIpc) is 3.28. The third-order valence-electron chi connectivity index (χ3n) is 7.83. The van der Waals surface area contributed by atoms with E-state index in [-0.39, 0.29) is 24.1 Å². The number of aryl methyl sites for hydroxylation is 1. The fraction of sp³-hybridized carbons (Fsp3) is 0.333. The number of nitrogens with zero attached hydrogens (tertiary/aromatic N) is 4. The lowest BCUT2D eigenvalue weighted by Gasteiger charge is -2.43. The highest BCUT2D eigenvalue weighted by Gasteiger charge is 2.78. The lowest BCUT2D eigenvalue weighted by atomic mass is 9.73. The Morgan fingerprint density at radius 3 is 2.41 bits per heavy atom. The minimum absolute atomic E-state index is 0.0279. The summed E-state index contributed by atoms with van der Waals surface area (Å²) in [6.07, 6.45) is 1.55. The number of aromatic nitrogens is 3. The lowest BCUT2D eigenvalue weighted by molar-refractivity contribution is 0.157. The van der Waals surface area contributed by atoms with Crippen LogP contribution in [0.5, 0.6) is 0 Å². The van der Waals surface area contributed by atoms with E-state index in [1.165, 1.54) is 13.7 Å². The van der Waals surface area contributed by atoms with Crippen molar-refractivity contribution in [3.8, 4) is 5.69 Å². The summed E-state index contributed by atoms with van der Waals surface area (Å²) in [4.78, 5) is 27.5. The molecular weight excluding hydrogens is 456 g/mol. The first-order valence-corrected chi connectivity index (χ1v) is 12.6. The number of benzene rings is 2. The maximum absolute atomic E-state index is 13.7. The first-order chi connectivity index (χ1) is 16.2. The van der Waals surface area contributed by atoms with Crippen molar-refractivity contribution in [1.29, 1.82) is 0 Å². The molecule has 0 radical (unpaired) electrons. The first kappa shape index (κ1) is 20.2. The van der Waals surface area contributed by atoms with Crippen molar-refractivity contribution in [2.75, 3.05) is 13.1 Å². The van der Waals surface area contributed by atoms with Gasteiger partial charge in [0.2, 0.25) is 10.0 Å². The van der Waals surface area contributed by atoms with E-state index >= 15 is 0 Å². The molecule has 2 aromatic carbocycles. The Morgan fingerprint density at radius 1 is 1.00 bits per heavy atom. The highest BCUT2D eigenvalue weighted by atomic mass is 32.2. The van der Waals surface area contributed by atoms with Gasteiger partial charge in [-0.05, 0) is 43.7 Å². The Balaban J connectivity index is 1.43. The number of sulfonamides is 1. The number of epoxide rings is 1. The molecule has 34 heavy (non-hydrogen) atoms. The predicted octanol–water partition coefficient (Wildman–Crippen LogP) is 1.16. The molecule has 0 saturated carbocycles. The zero-order valence-corrected chi connectivity index (χ0v) is 19.4. The molecule has 0 amide bonds. The molecule has 2 bridgehead atoms. The van der Waals surface area contributed by atoms with Gasteiger partial charge in [-0.1, -0.05) is 42.0 Å². The number of hydrogen-bond donors (Lipinski definition) is 0. The monoisotopic (exact) mass is 478 g/mol. The van der Waals surface area contributed by atoms with Crippen LogP contribution in [0.3, 0.4) is 0 Å². The Kier molecular flexibility index (Phi) is 3.60. The van der Waals surface area contributed by atoms with Crippen LogP contribution in [0.25, 0.3) is 5.69 Å². The summed E-state index contributed by atoms with van der Waals surface area (Å²) in [6, 6.07) is 15.0. The van der Waals surface area contributed by atoms with Crippen LogP contribution in [0, 0.1) is 6.92 Å². The van der Waals surface area contributed by atoms with Gasteiger partial charge in [-0.25, -0.2) is 31.9 Å².